The number of carbonyl (C=O) groups excluding carboxylic acids is 2. The Balaban J connectivity index is 1.42. The maximum atomic E-state index is 17.5. The molecule has 8 atom stereocenters. The standard InChI is InChI=1S/C29H35F2NO5S/c1-4-38-16-25(35)29-18(14-32(37-29)13-17-6-8-36-15-17)9-20-21-11-23(30)22-10-19(33)5-7-26(22,2)28(21,31)24(34)12-27(20,29)3/h5-8,15,18,20-21,24,34H,4,9-14,16H2,1-3H3/t18-,20-,21-,24-,26-,27-,28-,29-/m0/s1. The summed E-state index contributed by atoms with van der Waals surface area (Å²) in [5.41, 5.74) is -4.63. The molecule has 206 valence electrons. The Bertz CT molecular complexity index is 1220. The van der Waals surface area contributed by atoms with Crippen molar-refractivity contribution in [2.24, 2.45) is 28.6 Å². The molecule has 1 aliphatic heterocycles. The van der Waals surface area contributed by atoms with Crippen molar-refractivity contribution in [3.63, 3.8) is 0 Å². The van der Waals surface area contributed by atoms with Crippen LogP contribution in [-0.2, 0) is 21.0 Å². The van der Waals surface area contributed by atoms with E-state index < -0.39 is 39.9 Å². The van der Waals surface area contributed by atoms with Gasteiger partial charge in [-0.2, -0.15) is 16.8 Å². The molecule has 0 amide bonds. The zero-order valence-electron chi connectivity index (χ0n) is 22.0. The Morgan fingerprint density at radius 3 is 2.82 bits per heavy atom. The van der Waals surface area contributed by atoms with Crippen molar-refractivity contribution in [2.45, 2.75) is 70.4 Å². The molecule has 0 aromatic carbocycles. The number of hydroxylamine groups is 2. The number of furan rings is 1. The maximum absolute atomic E-state index is 17.5. The molecule has 2 saturated carbocycles. The summed E-state index contributed by atoms with van der Waals surface area (Å²) in [5, 5.41) is 13.5. The minimum Gasteiger partial charge on any atom is -0.472 e. The van der Waals surface area contributed by atoms with Crippen molar-refractivity contribution in [1.82, 2.24) is 5.06 Å². The van der Waals surface area contributed by atoms with E-state index in [4.69, 9.17) is 9.25 Å². The fourth-order valence-electron chi connectivity index (χ4n) is 8.78. The molecule has 38 heavy (non-hydrogen) atoms. The van der Waals surface area contributed by atoms with Crippen molar-refractivity contribution in [2.75, 3.05) is 18.1 Å². The van der Waals surface area contributed by atoms with Crippen LogP contribution in [0.5, 0.6) is 0 Å². The predicted molar refractivity (Wildman–Crippen MR) is 138 cm³/mol. The van der Waals surface area contributed by atoms with Gasteiger partial charge in [-0.1, -0.05) is 19.9 Å². The van der Waals surface area contributed by atoms with E-state index in [1.165, 1.54) is 23.9 Å². The first kappa shape index (κ1) is 26.4. The van der Waals surface area contributed by atoms with E-state index in [1.54, 1.807) is 24.5 Å². The number of ketones is 2. The number of hydrogen-bond acceptors (Lipinski definition) is 7. The van der Waals surface area contributed by atoms with Gasteiger partial charge in [0.15, 0.2) is 22.8 Å². The van der Waals surface area contributed by atoms with Gasteiger partial charge in [0.25, 0.3) is 0 Å². The van der Waals surface area contributed by atoms with Gasteiger partial charge in [0.2, 0.25) is 0 Å². The van der Waals surface area contributed by atoms with Crippen LogP contribution in [0.25, 0.3) is 0 Å². The van der Waals surface area contributed by atoms with Crippen molar-refractivity contribution in [3.05, 3.63) is 47.7 Å². The monoisotopic (exact) mass is 547 g/mol. The van der Waals surface area contributed by atoms with Gasteiger partial charge in [0, 0.05) is 47.6 Å². The van der Waals surface area contributed by atoms with Crippen LogP contribution in [0.1, 0.15) is 52.0 Å². The number of aliphatic hydroxyl groups is 1. The summed E-state index contributed by atoms with van der Waals surface area (Å²) in [7, 11) is 0. The molecule has 1 N–H and O–H groups in total. The highest BCUT2D eigenvalue weighted by molar-refractivity contribution is 7.99. The van der Waals surface area contributed by atoms with Crippen LogP contribution in [0.3, 0.4) is 0 Å². The van der Waals surface area contributed by atoms with Crippen LogP contribution in [0.15, 0.2) is 46.6 Å². The molecule has 0 radical (unpaired) electrons. The van der Waals surface area contributed by atoms with Crippen LogP contribution in [0.2, 0.25) is 0 Å². The lowest BCUT2D eigenvalue weighted by molar-refractivity contribution is -0.265. The van der Waals surface area contributed by atoms with E-state index >= 15 is 8.78 Å². The van der Waals surface area contributed by atoms with E-state index in [1.807, 2.05) is 19.9 Å². The lowest BCUT2D eigenvalue weighted by Crippen LogP contribution is -2.69. The maximum Gasteiger partial charge on any atom is 0.177 e. The van der Waals surface area contributed by atoms with Crippen LogP contribution in [0, 0.1) is 28.6 Å². The fourth-order valence-corrected chi connectivity index (χ4v) is 9.38. The predicted octanol–water partition coefficient (Wildman–Crippen LogP) is 4.98. The minimum absolute atomic E-state index is 0.0233. The van der Waals surface area contributed by atoms with E-state index in [0.29, 0.717) is 19.5 Å². The van der Waals surface area contributed by atoms with Gasteiger partial charge < -0.3 is 9.52 Å². The highest BCUT2D eigenvalue weighted by Crippen LogP contribution is 2.72. The number of aliphatic hydroxyl groups excluding tert-OH is 1. The average Bonchev–Trinajstić information content (AvgIpc) is 3.57. The van der Waals surface area contributed by atoms with Crippen molar-refractivity contribution >= 4 is 23.3 Å². The molecule has 0 bridgehead atoms. The van der Waals surface area contributed by atoms with Crippen molar-refractivity contribution < 1.29 is 32.7 Å². The lowest BCUT2D eigenvalue weighted by atomic mass is 9.45. The summed E-state index contributed by atoms with van der Waals surface area (Å²) in [4.78, 5) is 32.8. The molecule has 1 aromatic rings. The second-order valence-corrected chi connectivity index (χ2v) is 13.4. The first-order chi connectivity index (χ1) is 18.0. The smallest absolute Gasteiger partial charge is 0.177 e. The number of carbonyl (C=O) groups is 2. The molecule has 1 aromatic heterocycles. The van der Waals surface area contributed by atoms with Gasteiger partial charge in [0.05, 0.1) is 30.9 Å². The normalized spacial score (nSPS) is 44.1. The molecule has 6 nitrogen and oxygen atoms in total. The zero-order chi connectivity index (χ0) is 27.1. The van der Waals surface area contributed by atoms with E-state index in [9.17, 15) is 14.7 Å². The largest absolute Gasteiger partial charge is 0.472 e. The molecule has 0 unspecified atom stereocenters. The van der Waals surface area contributed by atoms with Crippen molar-refractivity contribution in [3.8, 4) is 0 Å². The SMILES string of the molecule is CCSCC(=O)[C@@]12ON(Cc3ccoc3)C[C@@H]1C[C@H]1[C@@H]3CC(F)=C4CC(=O)C=C[C@]4(C)[C@@]3(F)[C@@H](O)C[C@@]12C. The number of alkyl halides is 1. The Kier molecular flexibility index (Phi) is 6.15. The Labute approximate surface area is 225 Å². The second-order valence-electron chi connectivity index (χ2n) is 12.2. The molecule has 4 aliphatic carbocycles. The Morgan fingerprint density at radius 2 is 2.11 bits per heavy atom. The lowest BCUT2D eigenvalue weighted by Gasteiger charge is -2.62. The third-order valence-corrected chi connectivity index (χ3v) is 11.4. The van der Waals surface area contributed by atoms with Crippen molar-refractivity contribution in [1.29, 1.82) is 0 Å². The molecule has 9 heteroatoms. The number of nitrogens with zero attached hydrogens (tertiary/aromatic N) is 1. The van der Waals surface area contributed by atoms with Crippen LogP contribution < -0.4 is 0 Å². The molecule has 2 heterocycles. The third kappa shape index (κ3) is 3.28. The average molecular weight is 548 g/mol. The summed E-state index contributed by atoms with van der Waals surface area (Å²) in [6, 6.07) is 1.85. The highest BCUT2D eigenvalue weighted by atomic mass is 32.2. The quantitative estimate of drug-likeness (QED) is 0.538. The van der Waals surface area contributed by atoms with Gasteiger partial charge in [0.1, 0.15) is 5.83 Å². The first-order valence-corrected chi connectivity index (χ1v) is 14.7. The number of hydrogen-bond donors (Lipinski definition) is 1. The summed E-state index contributed by atoms with van der Waals surface area (Å²) >= 11 is 1.52. The number of allylic oxidation sites excluding steroid dienone is 4. The number of thioether (sulfide) groups is 1. The van der Waals surface area contributed by atoms with Gasteiger partial charge >= 0.3 is 0 Å². The number of rotatable bonds is 6. The number of halogens is 2. The molecular weight excluding hydrogens is 512 g/mol. The van der Waals surface area contributed by atoms with Crippen LogP contribution in [0.4, 0.5) is 8.78 Å². The zero-order valence-corrected chi connectivity index (χ0v) is 22.9. The molecule has 5 aliphatic rings. The number of fused-ring (bicyclic) bond motifs is 7. The molecule has 3 fully saturated rings. The van der Waals surface area contributed by atoms with Gasteiger partial charge in [-0.15, -0.1) is 0 Å². The molecule has 6 rings (SSSR count). The summed E-state index contributed by atoms with van der Waals surface area (Å²) in [6.07, 6.45) is 4.75. The summed E-state index contributed by atoms with van der Waals surface area (Å²) in [5.74, 6) is -1.16. The molecule has 0 spiro atoms. The minimum atomic E-state index is -2.16. The summed E-state index contributed by atoms with van der Waals surface area (Å²) < 4.78 is 38.4. The van der Waals surface area contributed by atoms with Crippen LogP contribution >= 0.6 is 11.8 Å². The van der Waals surface area contributed by atoms with Crippen LogP contribution in [-0.4, -0.2) is 57.2 Å². The first-order valence-electron chi connectivity index (χ1n) is 13.5. The molecule has 1 saturated heterocycles. The molecular formula is C29H35F2NO5S. The van der Waals surface area contributed by atoms with Gasteiger partial charge in [-0.05, 0) is 49.2 Å². The second kappa shape index (κ2) is 8.85. The van der Waals surface area contributed by atoms with Gasteiger partial charge in [-0.3, -0.25) is 14.4 Å². The van der Waals surface area contributed by atoms with E-state index in [-0.39, 0.29) is 54.0 Å². The third-order valence-electron chi connectivity index (χ3n) is 10.5. The summed E-state index contributed by atoms with van der Waals surface area (Å²) in [6.45, 7) is 6.47. The highest BCUT2D eigenvalue weighted by Gasteiger charge is 2.79. The van der Waals surface area contributed by atoms with Gasteiger partial charge in [-0.25, -0.2) is 8.78 Å². The van der Waals surface area contributed by atoms with E-state index in [0.717, 1.165) is 11.3 Å². The fraction of sp³-hybridized carbons (Fsp3) is 0.655. The Morgan fingerprint density at radius 1 is 1.32 bits per heavy atom. The van der Waals surface area contributed by atoms with E-state index in [2.05, 4.69) is 0 Å². The topological polar surface area (TPSA) is 80.0 Å². The Hall–Kier alpha value is -1.81. The number of Topliss-reactive ketones (excluding diaryl/α,β-unsaturated/α-hetero) is 1.